The van der Waals surface area contributed by atoms with Crippen LogP contribution in [0.3, 0.4) is 0 Å². The molecule has 0 aliphatic rings. The summed E-state index contributed by atoms with van der Waals surface area (Å²) < 4.78 is 1.90. The van der Waals surface area contributed by atoms with Gasteiger partial charge in [-0.05, 0) is 25.2 Å². The van der Waals surface area contributed by atoms with Gasteiger partial charge in [0.05, 0.1) is 5.69 Å². The van der Waals surface area contributed by atoms with Gasteiger partial charge in [-0.25, -0.2) is 4.79 Å². The zero-order valence-corrected chi connectivity index (χ0v) is 14.4. The minimum atomic E-state index is -0.194. The Hall–Kier alpha value is -1.56. The number of carbonyl (C=O) groups is 1. The average Bonchev–Trinajstić information content (AvgIpc) is 2.79. The van der Waals surface area contributed by atoms with E-state index in [2.05, 4.69) is 29.6 Å². The molecular formula is C16H30N4O2. The first-order valence-electron chi connectivity index (χ1n) is 8.13. The van der Waals surface area contributed by atoms with E-state index in [1.54, 1.807) is 0 Å². The van der Waals surface area contributed by atoms with Crippen LogP contribution < -0.4 is 10.6 Å². The zero-order valence-electron chi connectivity index (χ0n) is 14.4. The number of nitrogens with zero attached hydrogens (tertiary/aromatic N) is 2. The number of urea groups is 1. The first-order chi connectivity index (χ1) is 10.4. The SMILES string of the molecule is CCc1nn(C)c(CC)c1CNC(=O)NC(CCO)C(C)C. The van der Waals surface area contributed by atoms with Gasteiger partial charge in [0.25, 0.3) is 0 Å². The van der Waals surface area contributed by atoms with E-state index < -0.39 is 0 Å². The summed E-state index contributed by atoms with van der Waals surface area (Å²) in [7, 11) is 1.94. The van der Waals surface area contributed by atoms with Gasteiger partial charge < -0.3 is 15.7 Å². The van der Waals surface area contributed by atoms with Crippen molar-refractivity contribution in [2.24, 2.45) is 13.0 Å². The van der Waals surface area contributed by atoms with Gasteiger partial charge in [-0.15, -0.1) is 0 Å². The largest absolute Gasteiger partial charge is 0.396 e. The number of aliphatic hydroxyl groups is 1. The average molecular weight is 310 g/mol. The van der Waals surface area contributed by atoms with Gasteiger partial charge in [-0.3, -0.25) is 4.68 Å². The van der Waals surface area contributed by atoms with Crippen LogP contribution in [0.25, 0.3) is 0 Å². The molecule has 1 rings (SSSR count). The maximum Gasteiger partial charge on any atom is 0.315 e. The molecular weight excluding hydrogens is 280 g/mol. The lowest BCUT2D eigenvalue weighted by Crippen LogP contribution is -2.44. The summed E-state index contributed by atoms with van der Waals surface area (Å²) in [6, 6.07) is -0.213. The van der Waals surface area contributed by atoms with Crippen molar-refractivity contribution in [2.75, 3.05) is 6.61 Å². The van der Waals surface area contributed by atoms with Gasteiger partial charge >= 0.3 is 6.03 Å². The number of aromatic nitrogens is 2. The molecule has 3 N–H and O–H groups in total. The standard InChI is InChI=1S/C16H30N4O2/c1-6-13-12(15(7-2)20(5)19-13)10-17-16(22)18-14(8-9-21)11(3)4/h11,14,21H,6-10H2,1-5H3,(H2,17,18,22). The third kappa shape index (κ3) is 4.73. The highest BCUT2D eigenvalue weighted by molar-refractivity contribution is 5.74. The predicted octanol–water partition coefficient (Wildman–Crippen LogP) is 1.75. The molecule has 0 saturated carbocycles. The molecule has 1 heterocycles. The second-order valence-corrected chi connectivity index (χ2v) is 5.89. The van der Waals surface area contributed by atoms with Crippen LogP contribution in [0, 0.1) is 5.92 Å². The number of hydrogen-bond acceptors (Lipinski definition) is 3. The summed E-state index contributed by atoms with van der Waals surface area (Å²) in [5.41, 5.74) is 3.31. The maximum absolute atomic E-state index is 12.1. The third-order valence-electron chi connectivity index (χ3n) is 4.01. The Labute approximate surface area is 133 Å². The number of aryl methyl sites for hydroxylation is 2. The Bertz CT molecular complexity index is 483. The van der Waals surface area contributed by atoms with Gasteiger partial charge in [0, 0.05) is 37.5 Å². The molecule has 0 aliphatic heterocycles. The molecule has 22 heavy (non-hydrogen) atoms. The molecule has 1 atom stereocenters. The van der Waals surface area contributed by atoms with Crippen molar-refractivity contribution >= 4 is 6.03 Å². The van der Waals surface area contributed by atoms with E-state index in [0.29, 0.717) is 13.0 Å². The van der Waals surface area contributed by atoms with E-state index in [-0.39, 0.29) is 24.6 Å². The fraction of sp³-hybridized carbons (Fsp3) is 0.750. The monoisotopic (exact) mass is 310 g/mol. The minimum absolute atomic E-state index is 0.0183. The van der Waals surface area contributed by atoms with E-state index in [4.69, 9.17) is 5.11 Å². The third-order valence-corrected chi connectivity index (χ3v) is 4.01. The van der Waals surface area contributed by atoms with Crippen molar-refractivity contribution in [2.45, 2.75) is 59.5 Å². The Balaban J connectivity index is 2.67. The zero-order chi connectivity index (χ0) is 16.7. The summed E-state index contributed by atoms with van der Waals surface area (Å²) in [6.07, 6.45) is 2.31. The number of nitrogens with one attached hydrogen (secondary N) is 2. The molecule has 6 heteroatoms. The summed E-state index contributed by atoms with van der Waals surface area (Å²) in [6.45, 7) is 8.79. The van der Waals surface area contributed by atoms with Crippen LogP contribution >= 0.6 is 0 Å². The van der Waals surface area contributed by atoms with Crippen LogP contribution in [-0.2, 0) is 26.4 Å². The van der Waals surface area contributed by atoms with E-state index in [0.717, 1.165) is 29.8 Å². The first kappa shape index (κ1) is 18.5. The molecule has 6 nitrogen and oxygen atoms in total. The van der Waals surface area contributed by atoms with E-state index in [1.807, 2.05) is 25.6 Å². The van der Waals surface area contributed by atoms with Crippen LogP contribution in [0.1, 0.15) is 51.1 Å². The molecule has 0 fully saturated rings. The van der Waals surface area contributed by atoms with Crippen molar-refractivity contribution in [1.82, 2.24) is 20.4 Å². The number of carbonyl (C=O) groups excluding carboxylic acids is 1. The molecule has 0 saturated heterocycles. The summed E-state index contributed by atoms with van der Waals surface area (Å²) >= 11 is 0. The first-order valence-corrected chi connectivity index (χ1v) is 8.13. The van der Waals surface area contributed by atoms with Crippen molar-refractivity contribution < 1.29 is 9.90 Å². The number of amides is 2. The number of hydrogen-bond donors (Lipinski definition) is 3. The van der Waals surface area contributed by atoms with Crippen LogP contribution in [0.2, 0.25) is 0 Å². The topological polar surface area (TPSA) is 79.2 Å². The minimum Gasteiger partial charge on any atom is -0.396 e. The Morgan fingerprint density at radius 2 is 2.00 bits per heavy atom. The molecule has 0 radical (unpaired) electrons. The predicted molar refractivity (Wildman–Crippen MR) is 87.7 cm³/mol. The molecule has 2 amide bonds. The van der Waals surface area contributed by atoms with Crippen molar-refractivity contribution in [3.63, 3.8) is 0 Å². The second-order valence-electron chi connectivity index (χ2n) is 5.89. The molecule has 0 bridgehead atoms. The van der Waals surface area contributed by atoms with Crippen LogP contribution in [-0.4, -0.2) is 33.6 Å². The lowest BCUT2D eigenvalue weighted by Gasteiger charge is -2.21. The highest BCUT2D eigenvalue weighted by Gasteiger charge is 2.17. The summed E-state index contributed by atoms with van der Waals surface area (Å²) in [4.78, 5) is 12.1. The molecule has 1 aromatic rings. The van der Waals surface area contributed by atoms with Gasteiger partial charge in [-0.2, -0.15) is 5.10 Å². The smallest absolute Gasteiger partial charge is 0.315 e. The van der Waals surface area contributed by atoms with E-state index >= 15 is 0 Å². The molecule has 1 aromatic heterocycles. The highest BCUT2D eigenvalue weighted by Crippen LogP contribution is 2.15. The highest BCUT2D eigenvalue weighted by atomic mass is 16.3. The van der Waals surface area contributed by atoms with Gasteiger partial charge in [0.2, 0.25) is 0 Å². The lowest BCUT2D eigenvalue weighted by atomic mass is 10.0. The Morgan fingerprint density at radius 1 is 1.32 bits per heavy atom. The van der Waals surface area contributed by atoms with Gasteiger partial charge in [-0.1, -0.05) is 27.7 Å². The molecule has 0 spiro atoms. The summed E-state index contributed by atoms with van der Waals surface area (Å²) in [5.74, 6) is 0.286. The Kier molecular flexibility index (Phi) is 7.38. The summed E-state index contributed by atoms with van der Waals surface area (Å²) in [5, 5.41) is 19.4. The van der Waals surface area contributed by atoms with Crippen molar-refractivity contribution in [3.05, 3.63) is 17.0 Å². The van der Waals surface area contributed by atoms with Crippen LogP contribution in [0.5, 0.6) is 0 Å². The number of rotatable bonds is 8. The van der Waals surface area contributed by atoms with Crippen molar-refractivity contribution in [3.8, 4) is 0 Å². The van der Waals surface area contributed by atoms with Crippen LogP contribution in [0.15, 0.2) is 0 Å². The number of aliphatic hydroxyl groups excluding tert-OH is 1. The lowest BCUT2D eigenvalue weighted by molar-refractivity contribution is 0.218. The Morgan fingerprint density at radius 3 is 2.50 bits per heavy atom. The second kappa shape index (κ2) is 8.78. The quantitative estimate of drug-likeness (QED) is 0.684. The van der Waals surface area contributed by atoms with Gasteiger partial charge in [0.15, 0.2) is 0 Å². The fourth-order valence-corrected chi connectivity index (χ4v) is 2.69. The normalized spacial score (nSPS) is 12.5. The fourth-order valence-electron chi connectivity index (χ4n) is 2.69. The van der Waals surface area contributed by atoms with Crippen LogP contribution in [0.4, 0.5) is 4.79 Å². The molecule has 1 unspecified atom stereocenters. The molecule has 126 valence electrons. The van der Waals surface area contributed by atoms with Crippen molar-refractivity contribution in [1.29, 1.82) is 0 Å². The van der Waals surface area contributed by atoms with Gasteiger partial charge in [0.1, 0.15) is 0 Å². The van der Waals surface area contributed by atoms with E-state index in [1.165, 1.54) is 0 Å². The van der Waals surface area contributed by atoms with E-state index in [9.17, 15) is 4.79 Å². The maximum atomic E-state index is 12.1. The molecule has 0 aromatic carbocycles. The molecule has 0 aliphatic carbocycles.